The van der Waals surface area contributed by atoms with Crippen LogP contribution in [0.1, 0.15) is 23.3 Å². The van der Waals surface area contributed by atoms with Crippen molar-refractivity contribution in [2.45, 2.75) is 18.9 Å². The van der Waals surface area contributed by atoms with Gasteiger partial charge in [-0.25, -0.2) is 0 Å². The van der Waals surface area contributed by atoms with Crippen LogP contribution in [0.25, 0.3) is 0 Å². The van der Waals surface area contributed by atoms with Crippen LogP contribution >= 0.6 is 22.6 Å². The number of carbonyl (C=O) groups is 1. The first-order chi connectivity index (χ1) is 7.25. The summed E-state index contributed by atoms with van der Waals surface area (Å²) >= 11 is 2.18. The van der Waals surface area contributed by atoms with Crippen LogP contribution in [-0.2, 0) is 0 Å². The number of amides is 1. The van der Waals surface area contributed by atoms with Gasteiger partial charge in [-0.15, -0.1) is 0 Å². The fraction of sp³-hybridized carbons (Fsp3) is 0.500. The number of halogens is 1. The molecule has 0 saturated carbocycles. The van der Waals surface area contributed by atoms with Gasteiger partial charge in [0.05, 0.1) is 0 Å². The highest BCUT2D eigenvalue weighted by Gasteiger charge is 2.16. The highest BCUT2D eigenvalue weighted by Crippen LogP contribution is 2.07. The number of aromatic nitrogens is 1. The molecule has 0 aliphatic carbocycles. The molecule has 1 saturated heterocycles. The Hall–Kier alpha value is -0.560. The summed E-state index contributed by atoms with van der Waals surface area (Å²) in [6.45, 7) is 1.94. The zero-order chi connectivity index (χ0) is 10.7. The van der Waals surface area contributed by atoms with E-state index in [0.717, 1.165) is 29.5 Å². The summed E-state index contributed by atoms with van der Waals surface area (Å²) in [4.78, 5) is 14.7. The molecular weight excluding hydrogens is 305 g/mol. The average Bonchev–Trinajstić information content (AvgIpc) is 2.66. The molecule has 0 bridgehead atoms. The van der Waals surface area contributed by atoms with Crippen LogP contribution in [0.4, 0.5) is 0 Å². The van der Waals surface area contributed by atoms with E-state index in [2.05, 4.69) is 38.2 Å². The lowest BCUT2D eigenvalue weighted by molar-refractivity contribution is 0.0926. The molecule has 2 rings (SSSR count). The molecule has 0 spiro atoms. The first-order valence-electron chi connectivity index (χ1n) is 5.11. The summed E-state index contributed by atoms with van der Waals surface area (Å²) in [6.07, 6.45) is 4.03. The van der Waals surface area contributed by atoms with Crippen molar-refractivity contribution in [1.29, 1.82) is 0 Å². The number of aromatic amines is 1. The van der Waals surface area contributed by atoms with Gasteiger partial charge in [-0.3, -0.25) is 4.79 Å². The van der Waals surface area contributed by atoms with Crippen molar-refractivity contribution < 1.29 is 4.79 Å². The van der Waals surface area contributed by atoms with Gasteiger partial charge in [0, 0.05) is 22.4 Å². The third kappa shape index (κ3) is 2.94. The number of nitrogens with one attached hydrogen (secondary N) is 3. The van der Waals surface area contributed by atoms with Gasteiger partial charge in [-0.2, -0.15) is 0 Å². The van der Waals surface area contributed by atoms with Crippen molar-refractivity contribution in [2.75, 3.05) is 13.1 Å². The van der Waals surface area contributed by atoms with Crippen molar-refractivity contribution in [3.8, 4) is 0 Å². The Balaban J connectivity index is 1.91. The molecule has 4 nitrogen and oxygen atoms in total. The molecule has 1 aromatic rings. The standard InChI is InChI=1S/C10H14IN3O/c11-7-4-9(13-5-7)10(15)14-8-2-1-3-12-6-8/h4-5,8,12-13H,1-3,6H2,(H,14,15). The van der Waals surface area contributed by atoms with Crippen LogP contribution in [0.3, 0.4) is 0 Å². The topological polar surface area (TPSA) is 56.9 Å². The number of rotatable bonds is 2. The van der Waals surface area contributed by atoms with Gasteiger partial charge in [0.15, 0.2) is 0 Å². The predicted octanol–water partition coefficient (Wildman–Crippen LogP) is 1.10. The maximum atomic E-state index is 11.8. The highest BCUT2D eigenvalue weighted by molar-refractivity contribution is 14.1. The number of piperidine rings is 1. The van der Waals surface area contributed by atoms with E-state index in [1.165, 1.54) is 0 Å². The fourth-order valence-corrected chi connectivity index (χ4v) is 2.20. The molecule has 1 fully saturated rings. The molecule has 0 aromatic carbocycles. The molecule has 3 N–H and O–H groups in total. The van der Waals surface area contributed by atoms with Crippen LogP contribution in [0.5, 0.6) is 0 Å². The van der Waals surface area contributed by atoms with E-state index in [9.17, 15) is 4.79 Å². The van der Waals surface area contributed by atoms with Gasteiger partial charge in [0.25, 0.3) is 5.91 Å². The lowest BCUT2D eigenvalue weighted by Gasteiger charge is -2.23. The van der Waals surface area contributed by atoms with Gasteiger partial charge in [0.2, 0.25) is 0 Å². The van der Waals surface area contributed by atoms with Crippen LogP contribution in [0.2, 0.25) is 0 Å². The van der Waals surface area contributed by atoms with Gasteiger partial charge >= 0.3 is 0 Å². The normalized spacial score (nSPS) is 21.3. The quantitative estimate of drug-likeness (QED) is 0.715. The highest BCUT2D eigenvalue weighted by atomic mass is 127. The van der Waals surface area contributed by atoms with Gasteiger partial charge < -0.3 is 15.6 Å². The molecule has 1 amide bonds. The van der Waals surface area contributed by atoms with Gasteiger partial charge in [-0.1, -0.05) is 0 Å². The minimum Gasteiger partial charge on any atom is -0.356 e. The lowest BCUT2D eigenvalue weighted by Crippen LogP contribution is -2.45. The van der Waals surface area contributed by atoms with Crippen LogP contribution in [0.15, 0.2) is 12.3 Å². The van der Waals surface area contributed by atoms with Crippen molar-refractivity contribution in [3.05, 3.63) is 21.5 Å². The molecule has 1 aliphatic rings. The Bertz CT molecular complexity index is 344. The second-order valence-electron chi connectivity index (χ2n) is 3.75. The number of H-pyrrole nitrogens is 1. The second-order valence-corrected chi connectivity index (χ2v) is 4.99. The van der Waals surface area contributed by atoms with Crippen molar-refractivity contribution in [2.24, 2.45) is 0 Å². The monoisotopic (exact) mass is 319 g/mol. The molecule has 1 unspecified atom stereocenters. The Morgan fingerprint density at radius 2 is 2.47 bits per heavy atom. The third-order valence-electron chi connectivity index (χ3n) is 2.52. The zero-order valence-electron chi connectivity index (χ0n) is 8.35. The fourth-order valence-electron chi connectivity index (χ4n) is 1.74. The van der Waals surface area contributed by atoms with E-state index in [0.29, 0.717) is 5.69 Å². The largest absolute Gasteiger partial charge is 0.356 e. The molecule has 15 heavy (non-hydrogen) atoms. The minimum absolute atomic E-state index is 0.00776. The van der Waals surface area contributed by atoms with Crippen LogP contribution in [0, 0.1) is 3.57 Å². The molecular formula is C10H14IN3O. The van der Waals surface area contributed by atoms with Gasteiger partial charge in [-0.05, 0) is 48.0 Å². The number of hydrogen-bond donors (Lipinski definition) is 3. The van der Waals surface area contributed by atoms with Crippen molar-refractivity contribution in [3.63, 3.8) is 0 Å². The molecule has 2 heterocycles. The Morgan fingerprint density at radius 1 is 1.60 bits per heavy atom. The van der Waals surface area contributed by atoms with Crippen LogP contribution < -0.4 is 10.6 Å². The van der Waals surface area contributed by atoms with E-state index in [4.69, 9.17) is 0 Å². The third-order valence-corrected chi connectivity index (χ3v) is 3.15. The van der Waals surface area contributed by atoms with E-state index >= 15 is 0 Å². The maximum absolute atomic E-state index is 11.8. The first kappa shape index (κ1) is 10.9. The predicted molar refractivity (Wildman–Crippen MR) is 66.9 cm³/mol. The molecule has 0 radical (unpaired) electrons. The van der Waals surface area contributed by atoms with Gasteiger partial charge in [0.1, 0.15) is 5.69 Å². The maximum Gasteiger partial charge on any atom is 0.267 e. The van der Waals surface area contributed by atoms with E-state index in [-0.39, 0.29) is 11.9 Å². The second kappa shape index (κ2) is 4.98. The SMILES string of the molecule is O=C(NC1CCCNC1)c1cc(I)c[nH]1. The number of hydrogen-bond acceptors (Lipinski definition) is 2. The van der Waals surface area contributed by atoms with E-state index in [1.54, 1.807) is 0 Å². The molecule has 1 atom stereocenters. The molecule has 82 valence electrons. The molecule has 5 heteroatoms. The smallest absolute Gasteiger partial charge is 0.267 e. The Kier molecular flexibility index (Phi) is 3.63. The average molecular weight is 319 g/mol. The summed E-state index contributed by atoms with van der Waals surface area (Å²) < 4.78 is 1.06. The molecule has 1 aliphatic heterocycles. The number of carbonyl (C=O) groups excluding carboxylic acids is 1. The van der Waals surface area contributed by atoms with Crippen molar-refractivity contribution in [1.82, 2.24) is 15.6 Å². The summed E-state index contributed by atoms with van der Waals surface area (Å²) in [5.74, 6) is -0.00776. The summed E-state index contributed by atoms with van der Waals surface area (Å²) in [5.41, 5.74) is 0.643. The summed E-state index contributed by atoms with van der Waals surface area (Å²) in [6, 6.07) is 2.12. The Morgan fingerprint density at radius 3 is 3.07 bits per heavy atom. The summed E-state index contributed by atoms with van der Waals surface area (Å²) in [7, 11) is 0. The molecule has 1 aromatic heterocycles. The summed E-state index contributed by atoms with van der Waals surface area (Å²) in [5, 5.41) is 6.28. The Labute approximate surface area is 102 Å². The zero-order valence-corrected chi connectivity index (χ0v) is 10.5. The van der Waals surface area contributed by atoms with Crippen molar-refractivity contribution >= 4 is 28.5 Å². The first-order valence-corrected chi connectivity index (χ1v) is 6.19. The van der Waals surface area contributed by atoms with E-state index in [1.807, 2.05) is 12.3 Å². The van der Waals surface area contributed by atoms with Crippen LogP contribution in [-0.4, -0.2) is 30.0 Å². The minimum atomic E-state index is -0.00776. The van der Waals surface area contributed by atoms with E-state index < -0.39 is 0 Å². The lowest BCUT2D eigenvalue weighted by atomic mass is 10.1.